The lowest BCUT2D eigenvalue weighted by molar-refractivity contribution is -0.115. The van der Waals surface area contributed by atoms with Gasteiger partial charge in [-0.1, -0.05) is 42.5 Å². The number of halogens is 1. The summed E-state index contributed by atoms with van der Waals surface area (Å²) in [5.74, 6) is 0.294. The highest BCUT2D eigenvalue weighted by molar-refractivity contribution is 5.92. The van der Waals surface area contributed by atoms with Gasteiger partial charge in [-0.3, -0.25) is 4.79 Å². The van der Waals surface area contributed by atoms with Crippen LogP contribution in [0.5, 0.6) is 0 Å². The monoisotopic (exact) mass is 350 g/mol. The number of carbonyl (C=O) groups excluding carboxylic acids is 1. The molecule has 0 radical (unpaired) electrons. The Bertz CT molecular complexity index is 810. The van der Waals surface area contributed by atoms with Gasteiger partial charge in [-0.25, -0.2) is 4.39 Å². The molecule has 1 aliphatic carbocycles. The van der Waals surface area contributed by atoms with Crippen molar-refractivity contribution in [1.82, 2.24) is 4.90 Å². The van der Waals surface area contributed by atoms with Gasteiger partial charge >= 0.3 is 0 Å². The van der Waals surface area contributed by atoms with Crippen LogP contribution in [0.4, 0.5) is 10.1 Å². The van der Waals surface area contributed by atoms with E-state index in [0.29, 0.717) is 12.1 Å². The second-order valence-corrected chi connectivity index (χ2v) is 7.04. The molecule has 1 fully saturated rings. The van der Waals surface area contributed by atoms with E-state index in [4.69, 9.17) is 0 Å². The number of nitrogens with zero attached hydrogens (tertiary/aromatic N) is 2. The highest BCUT2D eigenvalue weighted by atomic mass is 19.1. The molecule has 0 N–H and O–H groups in total. The fraction of sp³-hybridized carbons (Fsp3) is 0.318. The van der Waals surface area contributed by atoms with Gasteiger partial charge in [0.05, 0.1) is 5.69 Å². The third kappa shape index (κ3) is 3.50. The van der Waals surface area contributed by atoms with Gasteiger partial charge in [0.2, 0.25) is 0 Å². The van der Waals surface area contributed by atoms with Crippen LogP contribution >= 0.6 is 0 Å². The van der Waals surface area contributed by atoms with Crippen molar-refractivity contribution in [3.8, 4) is 0 Å². The Morgan fingerprint density at radius 3 is 2.19 bits per heavy atom. The molecular formula is C22H23FN2O. The number of allylic oxidation sites excluding steroid dienone is 2. The number of hydrogen-bond donors (Lipinski definition) is 0. The van der Waals surface area contributed by atoms with Crippen LogP contribution in [0.1, 0.15) is 24.3 Å². The van der Waals surface area contributed by atoms with Crippen molar-refractivity contribution in [2.45, 2.75) is 18.8 Å². The smallest absolute Gasteiger partial charge is 0.158 e. The SMILES string of the molecule is O=C1C=C(N2CCN(c3ccccc3F)CC2)CC(c2ccccc2)C1. The van der Waals surface area contributed by atoms with Crippen LogP contribution in [0, 0.1) is 5.82 Å². The summed E-state index contributed by atoms with van der Waals surface area (Å²) in [6.45, 7) is 3.16. The van der Waals surface area contributed by atoms with Crippen LogP contribution in [-0.2, 0) is 4.79 Å². The average molecular weight is 350 g/mol. The fourth-order valence-corrected chi connectivity index (χ4v) is 4.00. The fourth-order valence-electron chi connectivity index (χ4n) is 4.00. The predicted molar refractivity (Wildman–Crippen MR) is 102 cm³/mol. The summed E-state index contributed by atoms with van der Waals surface area (Å²) in [5.41, 5.74) is 3.03. The van der Waals surface area contributed by atoms with Crippen molar-refractivity contribution in [3.05, 3.63) is 77.8 Å². The quantitative estimate of drug-likeness (QED) is 0.837. The van der Waals surface area contributed by atoms with E-state index in [1.54, 1.807) is 6.07 Å². The van der Waals surface area contributed by atoms with E-state index in [9.17, 15) is 9.18 Å². The molecule has 1 heterocycles. The molecule has 0 bridgehead atoms. The first-order valence-corrected chi connectivity index (χ1v) is 9.23. The molecule has 1 unspecified atom stereocenters. The van der Waals surface area contributed by atoms with Gasteiger partial charge in [-0.2, -0.15) is 0 Å². The Morgan fingerprint density at radius 1 is 0.808 bits per heavy atom. The molecule has 1 aliphatic heterocycles. The molecule has 4 heteroatoms. The molecule has 26 heavy (non-hydrogen) atoms. The maximum absolute atomic E-state index is 14.0. The number of piperazine rings is 1. The van der Waals surface area contributed by atoms with Crippen LogP contribution < -0.4 is 4.90 Å². The van der Waals surface area contributed by atoms with Crippen molar-refractivity contribution in [2.75, 3.05) is 31.1 Å². The number of carbonyl (C=O) groups is 1. The summed E-state index contributed by atoms with van der Waals surface area (Å²) in [6, 6.07) is 17.2. The lowest BCUT2D eigenvalue weighted by atomic mass is 9.85. The zero-order valence-electron chi connectivity index (χ0n) is 14.8. The zero-order chi connectivity index (χ0) is 17.9. The Balaban J connectivity index is 1.44. The maximum Gasteiger partial charge on any atom is 0.158 e. The van der Waals surface area contributed by atoms with Crippen LogP contribution in [0.25, 0.3) is 0 Å². The molecule has 0 amide bonds. The molecule has 4 rings (SSSR count). The largest absolute Gasteiger partial charge is 0.371 e. The lowest BCUT2D eigenvalue weighted by Crippen LogP contribution is -2.46. The summed E-state index contributed by atoms with van der Waals surface area (Å²) in [7, 11) is 0. The standard InChI is InChI=1S/C22H23FN2O/c23-21-8-4-5-9-22(21)25-12-10-24(11-13-25)19-14-18(15-20(26)16-19)17-6-2-1-3-7-17/h1-9,16,18H,10-15H2. The third-order valence-corrected chi connectivity index (χ3v) is 5.38. The average Bonchev–Trinajstić information content (AvgIpc) is 2.69. The van der Waals surface area contributed by atoms with Crippen molar-refractivity contribution < 1.29 is 9.18 Å². The van der Waals surface area contributed by atoms with Gasteiger partial charge < -0.3 is 9.80 Å². The van der Waals surface area contributed by atoms with Gasteiger partial charge in [0.15, 0.2) is 5.78 Å². The highest BCUT2D eigenvalue weighted by Gasteiger charge is 2.27. The number of anilines is 1. The van der Waals surface area contributed by atoms with Crippen molar-refractivity contribution in [1.29, 1.82) is 0 Å². The van der Waals surface area contributed by atoms with Crippen molar-refractivity contribution in [3.63, 3.8) is 0 Å². The van der Waals surface area contributed by atoms with E-state index < -0.39 is 0 Å². The molecule has 0 spiro atoms. The maximum atomic E-state index is 14.0. The van der Waals surface area contributed by atoms with E-state index in [0.717, 1.165) is 38.3 Å². The van der Waals surface area contributed by atoms with E-state index in [1.807, 2.05) is 36.4 Å². The molecule has 2 aromatic carbocycles. The summed E-state index contributed by atoms with van der Waals surface area (Å²) in [5, 5.41) is 0. The number of benzene rings is 2. The van der Waals surface area contributed by atoms with Crippen molar-refractivity contribution in [2.24, 2.45) is 0 Å². The molecule has 2 aliphatic rings. The number of rotatable bonds is 3. The van der Waals surface area contributed by atoms with Crippen LogP contribution in [0.3, 0.4) is 0 Å². The molecule has 3 nitrogen and oxygen atoms in total. The second-order valence-electron chi connectivity index (χ2n) is 7.04. The minimum absolute atomic E-state index is 0.169. The Morgan fingerprint density at radius 2 is 1.46 bits per heavy atom. The zero-order valence-corrected chi connectivity index (χ0v) is 14.8. The second kappa shape index (κ2) is 7.32. The molecule has 2 aromatic rings. The summed E-state index contributed by atoms with van der Waals surface area (Å²) >= 11 is 0. The highest BCUT2D eigenvalue weighted by Crippen LogP contribution is 2.33. The topological polar surface area (TPSA) is 23.6 Å². The summed E-state index contributed by atoms with van der Waals surface area (Å²) in [4.78, 5) is 16.7. The van der Waals surface area contributed by atoms with Crippen LogP contribution in [0.2, 0.25) is 0 Å². The van der Waals surface area contributed by atoms with E-state index >= 15 is 0 Å². The summed E-state index contributed by atoms with van der Waals surface area (Å²) in [6.07, 6.45) is 3.30. The third-order valence-electron chi connectivity index (χ3n) is 5.38. The first-order valence-electron chi connectivity index (χ1n) is 9.23. The minimum atomic E-state index is -0.169. The van der Waals surface area contributed by atoms with Crippen LogP contribution in [-0.4, -0.2) is 36.9 Å². The van der Waals surface area contributed by atoms with Gasteiger partial charge in [-0.15, -0.1) is 0 Å². The number of hydrogen-bond acceptors (Lipinski definition) is 3. The molecule has 1 atom stereocenters. The first kappa shape index (κ1) is 16.8. The first-order chi connectivity index (χ1) is 12.7. The van der Waals surface area contributed by atoms with E-state index in [1.165, 1.54) is 11.6 Å². The molecule has 0 saturated carbocycles. The predicted octanol–water partition coefficient (Wildman–Crippen LogP) is 3.98. The lowest BCUT2D eigenvalue weighted by Gasteiger charge is -2.40. The van der Waals surface area contributed by atoms with Gasteiger partial charge in [0.1, 0.15) is 5.82 Å². The minimum Gasteiger partial charge on any atom is -0.371 e. The van der Waals surface area contributed by atoms with Crippen LogP contribution in [0.15, 0.2) is 66.4 Å². The number of ketones is 1. The number of para-hydroxylation sites is 1. The molecule has 134 valence electrons. The van der Waals surface area contributed by atoms with Gasteiger partial charge in [0, 0.05) is 44.4 Å². The molecule has 1 saturated heterocycles. The van der Waals surface area contributed by atoms with Crippen molar-refractivity contribution >= 4 is 11.5 Å². The Labute approximate surface area is 153 Å². The van der Waals surface area contributed by atoms with E-state index in [2.05, 4.69) is 21.9 Å². The van der Waals surface area contributed by atoms with E-state index in [-0.39, 0.29) is 17.5 Å². The Kier molecular flexibility index (Phi) is 4.74. The summed E-state index contributed by atoms with van der Waals surface area (Å²) < 4.78 is 14.0. The Hall–Kier alpha value is -2.62. The molecular weight excluding hydrogens is 327 g/mol. The van der Waals surface area contributed by atoms with Gasteiger partial charge in [-0.05, 0) is 30.0 Å². The molecule has 0 aromatic heterocycles. The van der Waals surface area contributed by atoms with Gasteiger partial charge in [0.25, 0.3) is 0 Å². The normalized spacial score (nSPS) is 20.9.